The number of benzene rings is 2. The van der Waals surface area contributed by atoms with Gasteiger partial charge in [0.2, 0.25) is 5.91 Å². The van der Waals surface area contributed by atoms with E-state index in [0.717, 1.165) is 5.56 Å². The van der Waals surface area contributed by atoms with Crippen LogP contribution in [0, 0.1) is 0 Å². The van der Waals surface area contributed by atoms with Crippen molar-refractivity contribution in [1.29, 1.82) is 0 Å². The Morgan fingerprint density at radius 2 is 1.52 bits per heavy atom. The number of urea groups is 1. The van der Waals surface area contributed by atoms with Crippen LogP contribution in [0.1, 0.15) is 19.4 Å². The third-order valence-electron chi connectivity index (χ3n) is 3.87. The lowest BCUT2D eigenvalue weighted by atomic mass is 9.83. The Morgan fingerprint density at radius 3 is 2.08 bits per heavy atom. The van der Waals surface area contributed by atoms with Crippen LogP contribution < -0.4 is 16.0 Å². The molecule has 0 saturated heterocycles. The summed E-state index contributed by atoms with van der Waals surface area (Å²) in [6, 6.07) is 16.3. The van der Waals surface area contributed by atoms with Crippen molar-refractivity contribution in [2.24, 2.45) is 0 Å². The molecule has 130 valence electrons. The zero-order chi connectivity index (χ0) is 18.3. The fourth-order valence-electron chi connectivity index (χ4n) is 2.25. The minimum Gasteiger partial charge on any atom is -0.334 e. The first-order chi connectivity index (χ1) is 11.9. The summed E-state index contributed by atoms with van der Waals surface area (Å²) >= 11 is 0. The lowest BCUT2D eigenvalue weighted by molar-refractivity contribution is -0.120. The average molecular weight is 337 g/mol. The summed E-state index contributed by atoms with van der Waals surface area (Å²) in [5, 5.41) is 8.25. The predicted octanol–water partition coefficient (Wildman–Crippen LogP) is 3.91. The summed E-state index contributed by atoms with van der Waals surface area (Å²) in [5.74, 6) is -0.0943. The van der Waals surface area contributed by atoms with Gasteiger partial charge in [0.25, 0.3) is 0 Å². The topological polar surface area (TPSA) is 70.2 Å². The maximum Gasteiger partial charge on any atom is 0.319 e. The van der Waals surface area contributed by atoms with Gasteiger partial charge in [-0.3, -0.25) is 4.79 Å². The molecule has 0 unspecified atom stereocenters. The van der Waals surface area contributed by atoms with Crippen molar-refractivity contribution in [3.05, 3.63) is 72.8 Å². The van der Waals surface area contributed by atoms with Gasteiger partial charge in [0.15, 0.2) is 0 Å². The van der Waals surface area contributed by atoms with Crippen molar-refractivity contribution in [2.45, 2.75) is 19.3 Å². The first kappa shape index (κ1) is 18.3. The van der Waals surface area contributed by atoms with Gasteiger partial charge < -0.3 is 16.0 Å². The molecule has 0 saturated carbocycles. The molecule has 0 aliphatic carbocycles. The van der Waals surface area contributed by atoms with Crippen LogP contribution in [0.5, 0.6) is 0 Å². The van der Waals surface area contributed by atoms with Crippen LogP contribution in [0.15, 0.2) is 67.3 Å². The molecule has 0 bridgehead atoms. The third-order valence-corrected chi connectivity index (χ3v) is 3.87. The van der Waals surface area contributed by atoms with Crippen molar-refractivity contribution in [1.82, 2.24) is 5.32 Å². The fourth-order valence-corrected chi connectivity index (χ4v) is 2.25. The van der Waals surface area contributed by atoms with E-state index in [4.69, 9.17) is 0 Å². The summed E-state index contributed by atoms with van der Waals surface area (Å²) in [7, 11) is 0. The Hall–Kier alpha value is -3.08. The maximum atomic E-state index is 12.6. The summed E-state index contributed by atoms with van der Waals surface area (Å²) in [6.07, 6.45) is 1.60. The number of amides is 3. The molecule has 2 rings (SSSR count). The van der Waals surface area contributed by atoms with E-state index >= 15 is 0 Å². The van der Waals surface area contributed by atoms with E-state index in [0.29, 0.717) is 17.9 Å². The maximum absolute atomic E-state index is 12.6. The molecule has 0 radical (unpaired) electrons. The van der Waals surface area contributed by atoms with Gasteiger partial charge in [0.05, 0.1) is 5.41 Å². The standard InChI is InChI=1S/C20H23N3O2/c1-4-14-21-19(25)23-17-12-10-16(11-13-17)22-18(24)20(2,3)15-8-6-5-7-9-15/h4-13H,1,14H2,2-3H3,(H,22,24)(H2,21,23,25). The van der Waals surface area contributed by atoms with Crippen LogP contribution in [0.2, 0.25) is 0 Å². The summed E-state index contributed by atoms with van der Waals surface area (Å²) in [4.78, 5) is 24.2. The van der Waals surface area contributed by atoms with E-state index in [1.807, 2.05) is 44.2 Å². The molecular weight excluding hydrogens is 314 g/mol. The number of rotatable bonds is 6. The molecule has 25 heavy (non-hydrogen) atoms. The summed E-state index contributed by atoms with van der Waals surface area (Å²) in [5.41, 5.74) is 1.61. The molecule has 0 spiro atoms. The van der Waals surface area contributed by atoms with Crippen LogP contribution in [0.3, 0.4) is 0 Å². The second-order valence-electron chi connectivity index (χ2n) is 6.15. The highest BCUT2D eigenvalue weighted by Gasteiger charge is 2.29. The van der Waals surface area contributed by atoms with Crippen LogP contribution >= 0.6 is 0 Å². The van der Waals surface area contributed by atoms with Crippen molar-refractivity contribution >= 4 is 23.3 Å². The Bertz CT molecular complexity index is 737. The number of carbonyl (C=O) groups excluding carboxylic acids is 2. The van der Waals surface area contributed by atoms with Crippen molar-refractivity contribution in [2.75, 3.05) is 17.2 Å². The van der Waals surface area contributed by atoms with E-state index in [1.165, 1.54) is 0 Å². The molecule has 0 heterocycles. The number of carbonyl (C=O) groups is 2. The zero-order valence-electron chi connectivity index (χ0n) is 14.5. The van der Waals surface area contributed by atoms with Crippen LogP contribution in [-0.4, -0.2) is 18.5 Å². The lowest BCUT2D eigenvalue weighted by Crippen LogP contribution is -2.34. The predicted molar refractivity (Wildman–Crippen MR) is 102 cm³/mol. The minimum atomic E-state index is -0.650. The van der Waals surface area contributed by atoms with Gasteiger partial charge >= 0.3 is 6.03 Å². The molecule has 5 heteroatoms. The van der Waals surface area contributed by atoms with Gasteiger partial charge in [-0.05, 0) is 43.7 Å². The van der Waals surface area contributed by atoms with E-state index < -0.39 is 5.41 Å². The molecular formula is C20H23N3O2. The molecule has 3 N–H and O–H groups in total. The molecule has 2 aromatic carbocycles. The van der Waals surface area contributed by atoms with E-state index in [2.05, 4.69) is 22.5 Å². The SMILES string of the molecule is C=CCNC(=O)Nc1ccc(NC(=O)C(C)(C)c2ccccc2)cc1. The molecule has 3 amide bonds. The first-order valence-electron chi connectivity index (χ1n) is 8.06. The third kappa shape index (κ3) is 4.94. The second kappa shape index (κ2) is 8.15. The van der Waals surface area contributed by atoms with Gasteiger partial charge in [0.1, 0.15) is 0 Å². The number of anilines is 2. The Morgan fingerprint density at radius 1 is 0.960 bits per heavy atom. The van der Waals surface area contributed by atoms with Crippen LogP contribution in [-0.2, 0) is 10.2 Å². The van der Waals surface area contributed by atoms with Gasteiger partial charge in [0, 0.05) is 17.9 Å². The molecule has 0 aliphatic rings. The number of hydrogen-bond acceptors (Lipinski definition) is 2. The smallest absolute Gasteiger partial charge is 0.319 e. The number of nitrogens with one attached hydrogen (secondary N) is 3. The average Bonchev–Trinajstić information content (AvgIpc) is 2.62. The number of hydrogen-bond donors (Lipinski definition) is 3. The highest BCUT2D eigenvalue weighted by molar-refractivity contribution is 5.98. The van der Waals surface area contributed by atoms with Crippen molar-refractivity contribution in [3.63, 3.8) is 0 Å². The van der Waals surface area contributed by atoms with Crippen molar-refractivity contribution in [3.8, 4) is 0 Å². The van der Waals surface area contributed by atoms with Gasteiger partial charge in [-0.15, -0.1) is 6.58 Å². The van der Waals surface area contributed by atoms with Gasteiger partial charge in [-0.25, -0.2) is 4.79 Å². The largest absolute Gasteiger partial charge is 0.334 e. The zero-order valence-corrected chi connectivity index (χ0v) is 14.5. The van der Waals surface area contributed by atoms with E-state index in [-0.39, 0.29) is 11.9 Å². The molecule has 0 aliphatic heterocycles. The van der Waals surface area contributed by atoms with E-state index in [1.54, 1.807) is 30.3 Å². The Kier molecular flexibility index (Phi) is 5.95. The minimum absolute atomic E-state index is 0.0943. The van der Waals surface area contributed by atoms with E-state index in [9.17, 15) is 9.59 Å². The van der Waals surface area contributed by atoms with Crippen molar-refractivity contribution < 1.29 is 9.59 Å². The first-order valence-corrected chi connectivity index (χ1v) is 8.06. The normalized spacial score (nSPS) is 10.6. The van der Waals surface area contributed by atoms with Crippen LogP contribution in [0.25, 0.3) is 0 Å². The quantitative estimate of drug-likeness (QED) is 0.699. The Labute approximate surface area is 148 Å². The summed E-state index contributed by atoms with van der Waals surface area (Å²) < 4.78 is 0. The summed E-state index contributed by atoms with van der Waals surface area (Å²) in [6.45, 7) is 7.71. The lowest BCUT2D eigenvalue weighted by Gasteiger charge is -2.24. The molecule has 0 fully saturated rings. The molecule has 0 aromatic heterocycles. The Balaban J connectivity index is 2.00. The molecule has 2 aromatic rings. The monoisotopic (exact) mass is 337 g/mol. The molecule has 5 nitrogen and oxygen atoms in total. The molecule has 0 atom stereocenters. The van der Waals surface area contributed by atoms with Gasteiger partial charge in [-0.1, -0.05) is 36.4 Å². The second-order valence-corrected chi connectivity index (χ2v) is 6.15. The van der Waals surface area contributed by atoms with Gasteiger partial charge in [-0.2, -0.15) is 0 Å². The highest BCUT2D eigenvalue weighted by atomic mass is 16.2. The highest BCUT2D eigenvalue weighted by Crippen LogP contribution is 2.25. The van der Waals surface area contributed by atoms with Crippen LogP contribution in [0.4, 0.5) is 16.2 Å². The fraction of sp³-hybridized carbons (Fsp3) is 0.200.